The van der Waals surface area contributed by atoms with Crippen molar-refractivity contribution in [2.24, 2.45) is 0 Å². The minimum atomic E-state index is -2.09. The number of hydrogen-bond acceptors (Lipinski definition) is 7. The molecular formula is C17H19FN2O6S. The number of nitrogens with one attached hydrogen (secondary N) is 1. The fraction of sp³-hybridized carbons (Fsp3) is 0.412. The van der Waals surface area contributed by atoms with E-state index in [1.165, 1.54) is 35.4 Å². The molecule has 1 aromatic carbocycles. The van der Waals surface area contributed by atoms with Gasteiger partial charge in [-0.05, 0) is 23.6 Å². The van der Waals surface area contributed by atoms with Crippen LogP contribution in [-0.2, 0) is 15.1 Å². The second-order valence-corrected chi connectivity index (χ2v) is 7.34. The number of nitrogens with zero attached hydrogens (tertiary/aromatic N) is 1. The van der Waals surface area contributed by atoms with E-state index in [2.05, 4.69) is 5.32 Å². The lowest BCUT2D eigenvalue weighted by Gasteiger charge is -2.36. The average molecular weight is 398 g/mol. The van der Waals surface area contributed by atoms with Crippen LogP contribution in [0.4, 0.5) is 14.9 Å². The predicted molar refractivity (Wildman–Crippen MR) is 95.3 cm³/mol. The maximum absolute atomic E-state index is 14.7. The SMILES string of the molecule is CC(=O)NC[C@H]1CN(c2ccc(C3(O)C=CSC(O)C3O)c(F)c2)C(=O)O1. The van der Waals surface area contributed by atoms with E-state index in [0.717, 1.165) is 17.8 Å². The lowest BCUT2D eigenvalue weighted by atomic mass is 9.87. The Morgan fingerprint density at radius 3 is 2.89 bits per heavy atom. The summed E-state index contributed by atoms with van der Waals surface area (Å²) in [6.07, 6.45) is -1.66. The van der Waals surface area contributed by atoms with Crippen molar-refractivity contribution in [1.82, 2.24) is 5.32 Å². The molecule has 2 heterocycles. The van der Waals surface area contributed by atoms with Gasteiger partial charge in [-0.25, -0.2) is 9.18 Å². The number of cyclic esters (lactones) is 1. The first-order valence-electron chi connectivity index (χ1n) is 8.16. The summed E-state index contributed by atoms with van der Waals surface area (Å²) < 4.78 is 19.8. The Kier molecular flexibility index (Phi) is 5.43. The highest BCUT2D eigenvalue weighted by molar-refractivity contribution is 8.02. The number of aliphatic hydroxyl groups is 3. The maximum Gasteiger partial charge on any atom is 0.414 e. The molecule has 1 saturated heterocycles. The maximum atomic E-state index is 14.7. The molecule has 0 aromatic heterocycles. The van der Waals surface area contributed by atoms with Crippen molar-refractivity contribution >= 4 is 29.4 Å². The molecule has 146 valence electrons. The zero-order valence-corrected chi connectivity index (χ0v) is 15.1. The van der Waals surface area contributed by atoms with Crippen LogP contribution in [0.15, 0.2) is 29.7 Å². The lowest BCUT2D eigenvalue weighted by molar-refractivity contribution is -0.119. The first kappa shape index (κ1) is 19.6. The molecule has 0 aliphatic carbocycles. The van der Waals surface area contributed by atoms with Gasteiger partial charge < -0.3 is 25.4 Å². The molecule has 4 atom stereocenters. The molecule has 2 aliphatic heterocycles. The van der Waals surface area contributed by atoms with Crippen LogP contribution >= 0.6 is 11.8 Å². The topological polar surface area (TPSA) is 119 Å². The molecule has 3 rings (SSSR count). The highest BCUT2D eigenvalue weighted by Gasteiger charge is 2.44. The number of aliphatic hydroxyl groups excluding tert-OH is 2. The number of carbonyl (C=O) groups excluding carboxylic acids is 2. The number of hydrogen-bond donors (Lipinski definition) is 4. The van der Waals surface area contributed by atoms with Gasteiger partial charge in [0.1, 0.15) is 29.1 Å². The number of ether oxygens (including phenoxy) is 1. The minimum Gasteiger partial charge on any atom is -0.442 e. The molecular weight excluding hydrogens is 379 g/mol. The van der Waals surface area contributed by atoms with Crippen LogP contribution in [0.5, 0.6) is 0 Å². The summed E-state index contributed by atoms with van der Waals surface area (Å²) in [7, 11) is 0. The molecule has 8 nitrogen and oxygen atoms in total. The Hall–Kier alpha value is -2.14. The second kappa shape index (κ2) is 7.47. The summed E-state index contributed by atoms with van der Waals surface area (Å²) in [6, 6.07) is 3.70. The summed E-state index contributed by atoms with van der Waals surface area (Å²) in [5.74, 6) is -1.11. The van der Waals surface area contributed by atoms with Crippen molar-refractivity contribution in [3.63, 3.8) is 0 Å². The van der Waals surface area contributed by atoms with Gasteiger partial charge in [0, 0.05) is 12.5 Å². The van der Waals surface area contributed by atoms with Gasteiger partial charge in [0.05, 0.1) is 18.8 Å². The number of benzene rings is 1. The Labute approximate surface area is 158 Å². The van der Waals surface area contributed by atoms with E-state index in [1.807, 2.05) is 0 Å². The van der Waals surface area contributed by atoms with Crippen LogP contribution in [0.1, 0.15) is 12.5 Å². The van der Waals surface area contributed by atoms with Crippen LogP contribution in [0, 0.1) is 5.82 Å². The quantitative estimate of drug-likeness (QED) is 0.580. The molecule has 1 fully saturated rings. The lowest BCUT2D eigenvalue weighted by Crippen LogP contribution is -2.46. The molecule has 27 heavy (non-hydrogen) atoms. The summed E-state index contributed by atoms with van der Waals surface area (Å²) in [5, 5.41) is 34.4. The first-order chi connectivity index (χ1) is 12.7. The third kappa shape index (κ3) is 3.79. The Bertz CT molecular complexity index is 791. The molecule has 0 saturated carbocycles. The predicted octanol–water partition coefficient (Wildman–Crippen LogP) is 0.414. The highest BCUT2D eigenvalue weighted by Crippen LogP contribution is 2.39. The van der Waals surface area contributed by atoms with Gasteiger partial charge in [-0.15, -0.1) is 11.8 Å². The number of amides is 2. The van der Waals surface area contributed by atoms with Crippen molar-refractivity contribution in [3.05, 3.63) is 41.1 Å². The number of anilines is 1. The zero-order chi connectivity index (χ0) is 19.8. The highest BCUT2D eigenvalue weighted by atomic mass is 32.2. The van der Waals surface area contributed by atoms with Gasteiger partial charge >= 0.3 is 6.09 Å². The summed E-state index contributed by atoms with van der Waals surface area (Å²) in [5.41, 5.74) is -3.41. The van der Waals surface area contributed by atoms with Crippen LogP contribution in [0.2, 0.25) is 0 Å². The molecule has 2 amide bonds. The summed E-state index contributed by atoms with van der Waals surface area (Å²) in [6.45, 7) is 1.61. The third-order valence-electron chi connectivity index (χ3n) is 4.41. The van der Waals surface area contributed by atoms with Crippen molar-refractivity contribution in [1.29, 1.82) is 0 Å². The standard InChI is InChI=1S/C17H19FN2O6S/c1-9(21)19-7-11-8-20(16(24)26-11)10-2-3-12(13(18)6-10)17(25)4-5-27-15(23)14(17)22/h2-6,11,14-15,22-23,25H,7-8H2,1H3,(H,19,21)/t11-,14?,15?,17?/m0/s1. The van der Waals surface area contributed by atoms with E-state index in [4.69, 9.17) is 4.74 Å². The Morgan fingerprint density at radius 2 is 2.22 bits per heavy atom. The second-order valence-electron chi connectivity index (χ2n) is 6.32. The van der Waals surface area contributed by atoms with Gasteiger partial charge in [-0.1, -0.05) is 6.07 Å². The molecule has 1 aromatic rings. The van der Waals surface area contributed by atoms with Gasteiger partial charge in [0.2, 0.25) is 5.91 Å². The molecule has 0 spiro atoms. The van der Waals surface area contributed by atoms with Gasteiger partial charge in [-0.2, -0.15) is 0 Å². The van der Waals surface area contributed by atoms with Crippen molar-refractivity contribution < 1.29 is 34.0 Å². The van der Waals surface area contributed by atoms with Crippen LogP contribution in [0.25, 0.3) is 0 Å². The third-order valence-corrected chi connectivity index (χ3v) is 5.24. The Morgan fingerprint density at radius 1 is 1.48 bits per heavy atom. The number of rotatable bonds is 4. The van der Waals surface area contributed by atoms with Crippen molar-refractivity contribution in [3.8, 4) is 0 Å². The average Bonchev–Trinajstić information content (AvgIpc) is 2.98. The molecule has 3 unspecified atom stereocenters. The van der Waals surface area contributed by atoms with Gasteiger partial charge in [-0.3, -0.25) is 9.69 Å². The van der Waals surface area contributed by atoms with E-state index in [-0.39, 0.29) is 30.2 Å². The normalized spacial score (nSPS) is 30.3. The van der Waals surface area contributed by atoms with E-state index in [1.54, 1.807) is 0 Å². The van der Waals surface area contributed by atoms with Gasteiger partial charge in [0.15, 0.2) is 0 Å². The van der Waals surface area contributed by atoms with Crippen LogP contribution in [-0.4, -0.2) is 58.1 Å². The minimum absolute atomic E-state index is 0.125. The van der Waals surface area contributed by atoms with Crippen LogP contribution < -0.4 is 10.2 Å². The fourth-order valence-electron chi connectivity index (χ4n) is 2.96. The number of thioether (sulfide) groups is 1. The van der Waals surface area contributed by atoms with E-state index < -0.39 is 35.2 Å². The molecule has 10 heteroatoms. The van der Waals surface area contributed by atoms with Crippen molar-refractivity contribution in [2.45, 2.75) is 30.2 Å². The number of carbonyl (C=O) groups is 2. The largest absolute Gasteiger partial charge is 0.442 e. The summed E-state index contributed by atoms with van der Waals surface area (Å²) >= 11 is 0.903. The van der Waals surface area contributed by atoms with Crippen molar-refractivity contribution in [2.75, 3.05) is 18.0 Å². The molecule has 2 aliphatic rings. The number of halogens is 1. The van der Waals surface area contributed by atoms with Crippen LogP contribution in [0.3, 0.4) is 0 Å². The first-order valence-corrected chi connectivity index (χ1v) is 9.11. The fourth-order valence-corrected chi connectivity index (χ4v) is 3.76. The summed E-state index contributed by atoms with van der Waals surface area (Å²) in [4.78, 5) is 24.2. The van der Waals surface area contributed by atoms with Gasteiger partial charge in [0.25, 0.3) is 0 Å². The zero-order valence-electron chi connectivity index (χ0n) is 14.3. The molecule has 4 N–H and O–H groups in total. The van der Waals surface area contributed by atoms with E-state index >= 15 is 0 Å². The Balaban J connectivity index is 1.81. The smallest absolute Gasteiger partial charge is 0.414 e. The van der Waals surface area contributed by atoms with E-state index in [9.17, 15) is 29.3 Å². The molecule has 0 radical (unpaired) electrons. The van der Waals surface area contributed by atoms with E-state index in [0.29, 0.717) is 0 Å². The monoisotopic (exact) mass is 398 g/mol. The molecule has 0 bridgehead atoms.